The number of nitrogens with zero attached hydrogens (tertiary/aromatic N) is 4. The molecule has 0 bridgehead atoms. The second kappa shape index (κ2) is 3.68. The SMILES string of the molecule is CCn1cc(-c2cncn2C2C3CNCC32)cn1. The highest BCUT2D eigenvalue weighted by Crippen LogP contribution is 2.53. The molecule has 2 atom stereocenters. The summed E-state index contributed by atoms with van der Waals surface area (Å²) in [6.45, 7) is 5.32. The molecule has 1 N–H and O–H groups in total. The summed E-state index contributed by atoms with van der Waals surface area (Å²) in [5.74, 6) is 1.61. The Bertz CT molecular complexity index is 559. The smallest absolute Gasteiger partial charge is 0.0953 e. The molecule has 2 aromatic heterocycles. The first kappa shape index (κ1) is 10.3. The Kier molecular flexibility index (Phi) is 2.11. The van der Waals surface area contributed by atoms with Gasteiger partial charge in [-0.1, -0.05) is 0 Å². The summed E-state index contributed by atoms with van der Waals surface area (Å²) >= 11 is 0. The molecule has 1 aliphatic carbocycles. The Morgan fingerprint density at radius 2 is 2.17 bits per heavy atom. The van der Waals surface area contributed by atoms with Crippen molar-refractivity contribution in [1.29, 1.82) is 0 Å². The monoisotopic (exact) mass is 243 g/mol. The molecule has 18 heavy (non-hydrogen) atoms. The average Bonchev–Trinajstić information content (AvgIpc) is 2.96. The molecule has 2 aromatic rings. The molecule has 0 amide bonds. The van der Waals surface area contributed by atoms with Crippen molar-refractivity contribution >= 4 is 0 Å². The van der Waals surface area contributed by atoms with E-state index in [1.807, 2.05) is 23.4 Å². The van der Waals surface area contributed by atoms with Crippen LogP contribution in [0.4, 0.5) is 0 Å². The van der Waals surface area contributed by atoms with Crippen molar-refractivity contribution in [3.63, 3.8) is 0 Å². The number of piperidine rings is 1. The minimum Gasteiger partial charge on any atom is -0.327 e. The first-order valence-corrected chi connectivity index (χ1v) is 6.64. The number of fused-ring (bicyclic) bond motifs is 1. The predicted octanol–water partition coefficient (Wildman–Crippen LogP) is 1.16. The number of hydrogen-bond donors (Lipinski definition) is 1. The molecule has 0 radical (unpaired) electrons. The highest BCUT2D eigenvalue weighted by Gasteiger charge is 2.54. The van der Waals surface area contributed by atoms with Crippen LogP contribution < -0.4 is 5.32 Å². The normalized spacial score (nSPS) is 29.5. The van der Waals surface area contributed by atoms with Gasteiger partial charge in [0.05, 0.1) is 24.4 Å². The van der Waals surface area contributed by atoms with Crippen LogP contribution in [0.25, 0.3) is 11.3 Å². The first-order chi connectivity index (χ1) is 8.88. The topological polar surface area (TPSA) is 47.7 Å². The van der Waals surface area contributed by atoms with Crippen molar-refractivity contribution in [2.45, 2.75) is 19.5 Å². The third-order valence-corrected chi connectivity index (χ3v) is 4.29. The highest BCUT2D eigenvalue weighted by molar-refractivity contribution is 5.57. The van der Waals surface area contributed by atoms with Crippen molar-refractivity contribution in [1.82, 2.24) is 24.6 Å². The standard InChI is InChI=1S/C13H17N5/c1-2-17-7-9(3-16-17)12-6-15-8-18(12)13-10-4-14-5-11(10)13/h3,6-8,10-11,13-14H,2,4-5H2,1H3. The second-order valence-corrected chi connectivity index (χ2v) is 5.25. The van der Waals surface area contributed by atoms with Crippen LogP contribution in [0.2, 0.25) is 0 Å². The average molecular weight is 243 g/mol. The quantitative estimate of drug-likeness (QED) is 0.880. The van der Waals surface area contributed by atoms with Crippen molar-refractivity contribution in [2.75, 3.05) is 13.1 Å². The molecule has 3 heterocycles. The van der Waals surface area contributed by atoms with Gasteiger partial charge in [0.25, 0.3) is 0 Å². The van der Waals surface area contributed by atoms with Gasteiger partial charge in [-0.05, 0) is 18.8 Å². The van der Waals surface area contributed by atoms with Gasteiger partial charge in [-0.2, -0.15) is 5.10 Å². The summed E-state index contributed by atoms with van der Waals surface area (Å²) in [7, 11) is 0. The van der Waals surface area contributed by atoms with Gasteiger partial charge in [0.1, 0.15) is 0 Å². The number of imidazole rings is 1. The van der Waals surface area contributed by atoms with Crippen LogP contribution in [-0.4, -0.2) is 32.4 Å². The predicted molar refractivity (Wildman–Crippen MR) is 68.0 cm³/mol. The van der Waals surface area contributed by atoms with Crippen LogP contribution >= 0.6 is 0 Å². The Morgan fingerprint density at radius 1 is 1.33 bits per heavy atom. The molecule has 1 saturated carbocycles. The largest absolute Gasteiger partial charge is 0.327 e. The molecular weight excluding hydrogens is 226 g/mol. The molecular formula is C13H17N5. The van der Waals surface area contributed by atoms with Crippen LogP contribution in [0, 0.1) is 11.8 Å². The molecule has 4 rings (SSSR count). The highest BCUT2D eigenvalue weighted by atomic mass is 15.3. The molecule has 94 valence electrons. The molecule has 5 heteroatoms. The van der Waals surface area contributed by atoms with E-state index in [1.165, 1.54) is 11.3 Å². The maximum Gasteiger partial charge on any atom is 0.0953 e. The van der Waals surface area contributed by atoms with Crippen LogP contribution in [-0.2, 0) is 6.54 Å². The molecule has 5 nitrogen and oxygen atoms in total. The molecule has 0 spiro atoms. The Labute approximate surface area is 106 Å². The van der Waals surface area contributed by atoms with Crippen molar-refractivity contribution in [3.05, 3.63) is 24.9 Å². The van der Waals surface area contributed by atoms with E-state index in [0.29, 0.717) is 6.04 Å². The van der Waals surface area contributed by atoms with Gasteiger partial charge in [0.15, 0.2) is 0 Å². The number of hydrogen-bond acceptors (Lipinski definition) is 3. The van der Waals surface area contributed by atoms with Gasteiger partial charge in [0.2, 0.25) is 0 Å². The summed E-state index contributed by atoms with van der Waals surface area (Å²) in [6, 6.07) is 0.647. The maximum atomic E-state index is 4.35. The fourth-order valence-electron chi connectivity index (χ4n) is 3.23. The lowest BCUT2D eigenvalue weighted by Crippen LogP contribution is -2.16. The van der Waals surface area contributed by atoms with E-state index in [9.17, 15) is 0 Å². The minimum absolute atomic E-state index is 0.647. The van der Waals surface area contributed by atoms with E-state index in [1.54, 1.807) is 0 Å². The van der Waals surface area contributed by atoms with Crippen molar-refractivity contribution in [2.24, 2.45) is 11.8 Å². The zero-order valence-corrected chi connectivity index (χ0v) is 10.5. The van der Waals surface area contributed by atoms with Gasteiger partial charge < -0.3 is 9.88 Å². The van der Waals surface area contributed by atoms with Gasteiger partial charge in [-0.15, -0.1) is 0 Å². The number of aromatic nitrogens is 4. The van der Waals surface area contributed by atoms with E-state index in [-0.39, 0.29) is 0 Å². The third kappa shape index (κ3) is 1.37. The summed E-state index contributed by atoms with van der Waals surface area (Å²) < 4.78 is 4.30. The lowest BCUT2D eigenvalue weighted by atomic mass is 10.2. The van der Waals surface area contributed by atoms with Gasteiger partial charge in [-0.25, -0.2) is 4.98 Å². The Balaban J connectivity index is 1.68. The maximum absolute atomic E-state index is 4.35. The molecule has 0 aromatic carbocycles. The lowest BCUT2D eigenvalue weighted by Gasteiger charge is -2.09. The number of rotatable bonds is 3. The summed E-state index contributed by atoms with van der Waals surface area (Å²) in [5.41, 5.74) is 2.38. The summed E-state index contributed by atoms with van der Waals surface area (Å²) in [5, 5.41) is 7.78. The van der Waals surface area contributed by atoms with Gasteiger partial charge in [0, 0.05) is 37.4 Å². The van der Waals surface area contributed by atoms with Gasteiger partial charge >= 0.3 is 0 Å². The summed E-state index contributed by atoms with van der Waals surface area (Å²) in [4.78, 5) is 4.33. The van der Waals surface area contributed by atoms with Crippen molar-refractivity contribution < 1.29 is 0 Å². The first-order valence-electron chi connectivity index (χ1n) is 6.64. The summed E-state index contributed by atoms with van der Waals surface area (Å²) in [6.07, 6.45) is 7.97. The van der Waals surface area contributed by atoms with Crippen LogP contribution in [0.15, 0.2) is 24.9 Å². The zero-order valence-electron chi connectivity index (χ0n) is 10.5. The molecule has 2 unspecified atom stereocenters. The Hall–Kier alpha value is -1.62. The van der Waals surface area contributed by atoms with E-state index in [0.717, 1.165) is 31.5 Å². The second-order valence-electron chi connectivity index (χ2n) is 5.25. The van der Waals surface area contributed by atoms with E-state index < -0.39 is 0 Å². The molecule has 1 saturated heterocycles. The van der Waals surface area contributed by atoms with Crippen molar-refractivity contribution in [3.8, 4) is 11.3 Å². The minimum atomic E-state index is 0.647. The lowest BCUT2D eigenvalue weighted by molar-refractivity contribution is 0.573. The number of aryl methyl sites for hydroxylation is 1. The molecule has 1 aliphatic heterocycles. The molecule has 2 fully saturated rings. The fourth-order valence-corrected chi connectivity index (χ4v) is 3.23. The van der Waals surface area contributed by atoms with Gasteiger partial charge in [-0.3, -0.25) is 4.68 Å². The van der Waals surface area contributed by atoms with E-state index in [2.05, 4.69) is 33.1 Å². The van der Waals surface area contributed by atoms with Crippen LogP contribution in [0.5, 0.6) is 0 Å². The molecule has 2 aliphatic rings. The fraction of sp³-hybridized carbons (Fsp3) is 0.538. The van der Waals surface area contributed by atoms with E-state index >= 15 is 0 Å². The van der Waals surface area contributed by atoms with Crippen LogP contribution in [0.1, 0.15) is 13.0 Å². The third-order valence-electron chi connectivity index (χ3n) is 4.29. The van der Waals surface area contributed by atoms with Crippen LogP contribution in [0.3, 0.4) is 0 Å². The number of nitrogens with one attached hydrogen (secondary N) is 1. The van der Waals surface area contributed by atoms with E-state index in [4.69, 9.17) is 0 Å². The Morgan fingerprint density at radius 3 is 2.89 bits per heavy atom. The zero-order chi connectivity index (χ0) is 12.1.